The number of fused-ring (bicyclic) bond motifs is 1. The molecule has 0 heterocycles. The predicted molar refractivity (Wildman–Crippen MR) is 124 cm³/mol. The number of nitrogens with one attached hydrogen (secondary N) is 2. The minimum Gasteiger partial charge on any atom is -0.489 e. The Labute approximate surface area is 184 Å². The van der Waals surface area contributed by atoms with Gasteiger partial charge in [-0.05, 0) is 60.6 Å². The largest absolute Gasteiger partial charge is 0.489 e. The number of hydrogen-bond acceptors (Lipinski definition) is 3. The van der Waals surface area contributed by atoms with Gasteiger partial charge in [0.1, 0.15) is 18.2 Å². The summed E-state index contributed by atoms with van der Waals surface area (Å²) in [5.41, 5.74) is 2.12. The molecule has 0 spiro atoms. The normalized spacial score (nSPS) is 10.3. The average molecular weight is 439 g/mol. The molecule has 0 aliphatic heterocycles. The molecule has 0 saturated heterocycles. The summed E-state index contributed by atoms with van der Waals surface area (Å²) in [6.45, 7) is 6.28. The van der Waals surface area contributed by atoms with Crippen LogP contribution in [0.1, 0.15) is 24.5 Å². The predicted octanol–water partition coefficient (Wildman–Crippen LogP) is 5.49. The van der Waals surface area contributed by atoms with Crippen LogP contribution in [0, 0.1) is 5.82 Å². The molecule has 0 amide bonds. The van der Waals surface area contributed by atoms with Gasteiger partial charge in [-0.15, -0.1) is 24.8 Å². The van der Waals surface area contributed by atoms with Gasteiger partial charge in [0.05, 0.1) is 0 Å². The summed E-state index contributed by atoms with van der Waals surface area (Å²) in [5, 5.41) is 9.27. The lowest BCUT2D eigenvalue weighted by Gasteiger charge is -2.15. The molecule has 0 fully saturated rings. The maximum Gasteiger partial charge on any atom is 0.124 e. The third-order valence-electron chi connectivity index (χ3n) is 4.56. The first kappa shape index (κ1) is 25.2. The highest BCUT2D eigenvalue weighted by Gasteiger charge is 2.09. The van der Waals surface area contributed by atoms with E-state index in [1.54, 1.807) is 12.1 Å². The van der Waals surface area contributed by atoms with Gasteiger partial charge in [-0.3, -0.25) is 0 Å². The smallest absolute Gasteiger partial charge is 0.124 e. The molecule has 0 atom stereocenters. The topological polar surface area (TPSA) is 33.3 Å². The Kier molecular flexibility index (Phi) is 11.6. The fraction of sp³-hybridized carbons (Fsp3) is 0.304. The highest BCUT2D eigenvalue weighted by atomic mass is 35.5. The van der Waals surface area contributed by atoms with Crippen molar-refractivity contribution in [3.63, 3.8) is 0 Å². The maximum atomic E-state index is 13.1. The van der Waals surface area contributed by atoms with E-state index in [1.807, 2.05) is 6.07 Å². The van der Waals surface area contributed by atoms with E-state index in [4.69, 9.17) is 4.74 Å². The van der Waals surface area contributed by atoms with Crippen molar-refractivity contribution in [3.05, 3.63) is 77.6 Å². The number of halogens is 3. The quantitative estimate of drug-likeness (QED) is 0.410. The van der Waals surface area contributed by atoms with E-state index in [-0.39, 0.29) is 30.6 Å². The third-order valence-corrected chi connectivity index (χ3v) is 4.56. The summed E-state index contributed by atoms with van der Waals surface area (Å²) in [4.78, 5) is 0. The summed E-state index contributed by atoms with van der Waals surface area (Å²) in [6, 6.07) is 18.9. The molecule has 3 nitrogen and oxygen atoms in total. The lowest BCUT2D eigenvalue weighted by molar-refractivity contribution is 0.302. The molecule has 158 valence electrons. The summed E-state index contributed by atoms with van der Waals surface area (Å²) >= 11 is 0. The first-order chi connectivity index (χ1) is 13.3. The molecule has 0 aliphatic rings. The van der Waals surface area contributed by atoms with E-state index < -0.39 is 0 Å². The van der Waals surface area contributed by atoms with Crippen LogP contribution in [0.25, 0.3) is 10.8 Å². The van der Waals surface area contributed by atoms with Gasteiger partial charge in [0.25, 0.3) is 0 Å². The van der Waals surface area contributed by atoms with Crippen LogP contribution in [0.5, 0.6) is 5.75 Å². The molecule has 3 aromatic carbocycles. The number of benzene rings is 3. The lowest BCUT2D eigenvalue weighted by atomic mass is 10.0. The van der Waals surface area contributed by atoms with Crippen molar-refractivity contribution in [2.75, 3.05) is 19.6 Å². The summed E-state index contributed by atoms with van der Waals surface area (Å²) < 4.78 is 19.2. The highest BCUT2D eigenvalue weighted by Crippen LogP contribution is 2.28. The second-order valence-electron chi connectivity index (χ2n) is 6.56. The highest BCUT2D eigenvalue weighted by molar-refractivity contribution is 5.87. The van der Waals surface area contributed by atoms with Gasteiger partial charge in [0, 0.05) is 12.1 Å². The lowest BCUT2D eigenvalue weighted by Crippen LogP contribution is -2.21. The molecule has 0 radical (unpaired) electrons. The molecule has 3 aromatic rings. The Morgan fingerprint density at radius 2 is 1.59 bits per heavy atom. The Morgan fingerprint density at radius 3 is 2.34 bits per heavy atom. The van der Waals surface area contributed by atoms with Gasteiger partial charge in [-0.2, -0.15) is 0 Å². The van der Waals surface area contributed by atoms with Gasteiger partial charge in [-0.25, -0.2) is 4.39 Å². The van der Waals surface area contributed by atoms with Crippen molar-refractivity contribution in [2.45, 2.75) is 26.5 Å². The first-order valence-corrected chi connectivity index (χ1v) is 9.57. The Bertz CT molecular complexity index is 859. The number of ether oxygens (including phenoxy) is 1. The number of rotatable bonds is 10. The van der Waals surface area contributed by atoms with Crippen LogP contribution in [0.3, 0.4) is 0 Å². The van der Waals surface area contributed by atoms with Crippen LogP contribution in [-0.2, 0) is 13.2 Å². The zero-order valence-electron chi connectivity index (χ0n) is 16.6. The van der Waals surface area contributed by atoms with E-state index in [1.165, 1.54) is 28.5 Å². The minimum atomic E-state index is -0.230. The van der Waals surface area contributed by atoms with Crippen LogP contribution >= 0.6 is 24.8 Å². The maximum absolute atomic E-state index is 13.1. The van der Waals surface area contributed by atoms with Crippen LogP contribution in [-0.4, -0.2) is 19.6 Å². The molecule has 3 rings (SSSR count). The summed E-state index contributed by atoms with van der Waals surface area (Å²) in [5.74, 6) is 0.643. The van der Waals surface area contributed by atoms with Crippen LogP contribution in [0.2, 0.25) is 0 Å². The van der Waals surface area contributed by atoms with E-state index in [0.717, 1.165) is 43.9 Å². The van der Waals surface area contributed by atoms with Crippen molar-refractivity contribution in [1.82, 2.24) is 10.6 Å². The fourth-order valence-electron chi connectivity index (χ4n) is 3.10. The number of hydrogen-bond donors (Lipinski definition) is 2. The SMILES string of the molecule is CCNCCCNCc1c(OCc2ccc(F)cc2)ccc2ccccc12.Cl.Cl. The summed E-state index contributed by atoms with van der Waals surface area (Å²) in [7, 11) is 0. The molecule has 0 unspecified atom stereocenters. The third kappa shape index (κ3) is 7.48. The molecule has 29 heavy (non-hydrogen) atoms. The zero-order chi connectivity index (χ0) is 18.9. The van der Waals surface area contributed by atoms with Crippen molar-refractivity contribution in [2.24, 2.45) is 0 Å². The van der Waals surface area contributed by atoms with Gasteiger partial charge >= 0.3 is 0 Å². The fourth-order valence-corrected chi connectivity index (χ4v) is 3.10. The van der Waals surface area contributed by atoms with Crippen molar-refractivity contribution in [1.29, 1.82) is 0 Å². The zero-order valence-corrected chi connectivity index (χ0v) is 18.3. The van der Waals surface area contributed by atoms with Gasteiger partial charge < -0.3 is 15.4 Å². The standard InChI is InChI=1S/C23H27FN2O.2ClH/c1-2-25-14-5-15-26-16-22-21-7-4-3-6-19(21)10-13-23(22)27-17-18-8-11-20(24)12-9-18;;/h3-4,6-13,25-26H,2,5,14-17H2,1H3;2*1H. The minimum absolute atomic E-state index is 0. The molecule has 6 heteroatoms. The molecule has 2 N–H and O–H groups in total. The molecule has 0 saturated carbocycles. The van der Waals surface area contributed by atoms with E-state index in [0.29, 0.717) is 6.61 Å². The monoisotopic (exact) mass is 438 g/mol. The Balaban J connectivity index is 0.00000210. The van der Waals surface area contributed by atoms with E-state index in [2.05, 4.69) is 47.9 Å². The van der Waals surface area contributed by atoms with Crippen molar-refractivity contribution >= 4 is 35.6 Å². The van der Waals surface area contributed by atoms with Crippen molar-refractivity contribution < 1.29 is 9.13 Å². The Morgan fingerprint density at radius 1 is 0.862 bits per heavy atom. The van der Waals surface area contributed by atoms with Crippen LogP contribution < -0.4 is 15.4 Å². The molecule has 0 bridgehead atoms. The van der Waals surface area contributed by atoms with Crippen molar-refractivity contribution in [3.8, 4) is 5.75 Å². The Hall–Kier alpha value is -1.85. The van der Waals surface area contributed by atoms with E-state index >= 15 is 0 Å². The molecule has 0 aromatic heterocycles. The molecule has 0 aliphatic carbocycles. The second-order valence-corrected chi connectivity index (χ2v) is 6.56. The van der Waals surface area contributed by atoms with Gasteiger partial charge in [0.15, 0.2) is 0 Å². The van der Waals surface area contributed by atoms with Gasteiger partial charge in [0.2, 0.25) is 0 Å². The first-order valence-electron chi connectivity index (χ1n) is 9.57. The average Bonchev–Trinajstić information content (AvgIpc) is 2.70. The summed E-state index contributed by atoms with van der Waals surface area (Å²) in [6.07, 6.45) is 1.09. The van der Waals surface area contributed by atoms with Gasteiger partial charge in [-0.1, -0.05) is 49.4 Å². The molecular formula is C23H29Cl2FN2O. The van der Waals surface area contributed by atoms with E-state index in [9.17, 15) is 4.39 Å². The van der Waals surface area contributed by atoms with Crippen LogP contribution in [0.15, 0.2) is 60.7 Å². The molecular weight excluding hydrogens is 410 g/mol. The second kappa shape index (κ2) is 13.4. The van der Waals surface area contributed by atoms with Crippen LogP contribution in [0.4, 0.5) is 4.39 Å².